The Morgan fingerprint density at radius 3 is 2.58 bits per heavy atom. The molecule has 3 heteroatoms. The molecule has 1 saturated heterocycles. The number of rotatable bonds is 1. The lowest BCUT2D eigenvalue weighted by atomic mass is 9.99. The van der Waals surface area contributed by atoms with Crippen LogP contribution in [0.1, 0.15) is 26.7 Å². The molecule has 0 saturated carbocycles. The quantitative estimate of drug-likeness (QED) is 0.613. The molecule has 0 aromatic heterocycles. The molecule has 0 unspecified atom stereocenters. The first kappa shape index (κ1) is 11.4. The van der Waals surface area contributed by atoms with E-state index in [1.807, 2.05) is 13.8 Å². The molecule has 3 nitrogen and oxygen atoms in total. The van der Waals surface area contributed by atoms with Crippen molar-refractivity contribution in [2.45, 2.75) is 26.7 Å². The Bertz CT molecular complexity index is 120. The lowest BCUT2D eigenvalue weighted by molar-refractivity contribution is -0.124. The Morgan fingerprint density at radius 1 is 1.50 bits per heavy atom. The van der Waals surface area contributed by atoms with Crippen LogP contribution in [0.3, 0.4) is 0 Å². The minimum atomic E-state index is 0.173. The lowest BCUT2D eigenvalue weighted by Crippen LogP contribution is -2.39. The molecular weight excluding hydrogens is 152 g/mol. The van der Waals surface area contributed by atoms with Crippen LogP contribution < -0.4 is 10.6 Å². The fourth-order valence-corrected chi connectivity index (χ4v) is 1.28. The molecule has 1 heterocycles. The maximum atomic E-state index is 11.0. The molecule has 0 aromatic carbocycles. The molecule has 0 aliphatic carbocycles. The zero-order chi connectivity index (χ0) is 9.40. The summed E-state index contributed by atoms with van der Waals surface area (Å²) >= 11 is 0. The first-order chi connectivity index (χ1) is 5.84. The van der Waals surface area contributed by atoms with Crippen molar-refractivity contribution in [1.82, 2.24) is 10.6 Å². The Kier molecular flexibility index (Phi) is 6.76. The van der Waals surface area contributed by atoms with Crippen LogP contribution in [0.15, 0.2) is 0 Å². The third-order valence-corrected chi connectivity index (χ3v) is 1.91. The molecule has 1 fully saturated rings. The number of piperidine rings is 1. The van der Waals surface area contributed by atoms with Gasteiger partial charge in [-0.25, -0.2) is 0 Å². The highest BCUT2D eigenvalue weighted by atomic mass is 16.1. The molecule has 0 spiro atoms. The highest BCUT2D eigenvalue weighted by molar-refractivity contribution is 5.78. The molecule has 1 aliphatic rings. The molecule has 1 atom stereocenters. The molecule has 1 rings (SSSR count). The average molecular weight is 172 g/mol. The summed E-state index contributed by atoms with van der Waals surface area (Å²) in [6, 6.07) is 0. The van der Waals surface area contributed by atoms with Crippen molar-refractivity contribution in [1.29, 1.82) is 0 Å². The van der Waals surface area contributed by atoms with Crippen LogP contribution in [0.2, 0.25) is 0 Å². The summed E-state index contributed by atoms with van der Waals surface area (Å²) in [5.41, 5.74) is 0. The van der Waals surface area contributed by atoms with Gasteiger partial charge in [0.2, 0.25) is 5.91 Å². The van der Waals surface area contributed by atoms with E-state index in [1.165, 1.54) is 0 Å². The summed E-state index contributed by atoms with van der Waals surface area (Å²) in [7, 11) is 1.69. The van der Waals surface area contributed by atoms with E-state index in [0.717, 1.165) is 25.9 Å². The van der Waals surface area contributed by atoms with Gasteiger partial charge in [-0.2, -0.15) is 0 Å². The van der Waals surface area contributed by atoms with Crippen LogP contribution in [0.25, 0.3) is 0 Å². The minimum Gasteiger partial charge on any atom is -0.359 e. The predicted molar refractivity (Wildman–Crippen MR) is 51.0 cm³/mol. The average Bonchev–Trinajstić information content (AvgIpc) is 2.21. The maximum absolute atomic E-state index is 11.0. The molecule has 12 heavy (non-hydrogen) atoms. The van der Waals surface area contributed by atoms with E-state index in [0.29, 0.717) is 0 Å². The Hall–Kier alpha value is -0.570. The van der Waals surface area contributed by atoms with Crippen molar-refractivity contribution in [2.75, 3.05) is 20.1 Å². The molecule has 0 aromatic rings. The van der Waals surface area contributed by atoms with Crippen molar-refractivity contribution < 1.29 is 4.79 Å². The first-order valence-electron chi connectivity index (χ1n) is 4.77. The first-order valence-corrected chi connectivity index (χ1v) is 4.77. The fraction of sp³-hybridized carbons (Fsp3) is 0.889. The van der Waals surface area contributed by atoms with E-state index in [1.54, 1.807) is 7.05 Å². The molecule has 0 radical (unpaired) electrons. The van der Waals surface area contributed by atoms with Crippen LogP contribution in [0.4, 0.5) is 0 Å². The maximum Gasteiger partial charge on any atom is 0.224 e. The molecular formula is C9H20N2O. The number of nitrogens with one attached hydrogen (secondary N) is 2. The third-order valence-electron chi connectivity index (χ3n) is 1.91. The number of hydrogen-bond donors (Lipinski definition) is 2. The van der Waals surface area contributed by atoms with Gasteiger partial charge in [0.05, 0.1) is 5.92 Å². The van der Waals surface area contributed by atoms with Gasteiger partial charge in [0.15, 0.2) is 0 Å². The smallest absolute Gasteiger partial charge is 0.224 e. The highest BCUT2D eigenvalue weighted by Gasteiger charge is 2.18. The van der Waals surface area contributed by atoms with Crippen molar-refractivity contribution in [3.8, 4) is 0 Å². The van der Waals surface area contributed by atoms with Crippen LogP contribution in [-0.2, 0) is 4.79 Å². The molecule has 1 aliphatic heterocycles. The van der Waals surface area contributed by atoms with E-state index >= 15 is 0 Å². The lowest BCUT2D eigenvalue weighted by Gasteiger charge is -2.20. The van der Waals surface area contributed by atoms with Crippen LogP contribution in [0, 0.1) is 5.92 Å². The molecule has 72 valence electrons. The number of amides is 1. The molecule has 0 bridgehead atoms. The van der Waals surface area contributed by atoms with Gasteiger partial charge in [-0.05, 0) is 19.4 Å². The predicted octanol–water partition coefficient (Wildman–Crippen LogP) is 0.758. The summed E-state index contributed by atoms with van der Waals surface area (Å²) < 4.78 is 0. The minimum absolute atomic E-state index is 0.173. The number of hydrogen-bond acceptors (Lipinski definition) is 2. The van der Waals surface area contributed by atoms with Gasteiger partial charge in [-0.3, -0.25) is 4.79 Å². The van der Waals surface area contributed by atoms with Crippen LogP contribution in [0.5, 0.6) is 0 Å². The van der Waals surface area contributed by atoms with E-state index in [-0.39, 0.29) is 11.8 Å². The third kappa shape index (κ3) is 3.72. The normalized spacial score (nSPS) is 22.1. The van der Waals surface area contributed by atoms with E-state index in [9.17, 15) is 4.79 Å². The summed E-state index contributed by atoms with van der Waals surface area (Å²) in [5, 5.41) is 5.84. The van der Waals surface area contributed by atoms with E-state index in [2.05, 4.69) is 10.6 Å². The molecule has 1 amide bonds. The largest absolute Gasteiger partial charge is 0.359 e. The summed E-state index contributed by atoms with van der Waals surface area (Å²) in [4.78, 5) is 11.0. The number of carbonyl (C=O) groups is 1. The number of carbonyl (C=O) groups excluding carboxylic acids is 1. The summed E-state index contributed by atoms with van der Waals surface area (Å²) in [6.45, 7) is 5.91. The van der Waals surface area contributed by atoms with Crippen molar-refractivity contribution in [2.24, 2.45) is 5.92 Å². The fourth-order valence-electron chi connectivity index (χ4n) is 1.28. The van der Waals surface area contributed by atoms with E-state index < -0.39 is 0 Å². The topological polar surface area (TPSA) is 41.1 Å². The second kappa shape index (κ2) is 7.10. The zero-order valence-electron chi connectivity index (χ0n) is 8.31. The van der Waals surface area contributed by atoms with Crippen LogP contribution >= 0.6 is 0 Å². The van der Waals surface area contributed by atoms with Crippen molar-refractivity contribution in [3.63, 3.8) is 0 Å². The van der Waals surface area contributed by atoms with Gasteiger partial charge in [0, 0.05) is 13.6 Å². The second-order valence-corrected chi connectivity index (χ2v) is 2.66. The monoisotopic (exact) mass is 172 g/mol. The van der Waals surface area contributed by atoms with E-state index in [4.69, 9.17) is 0 Å². The Morgan fingerprint density at radius 2 is 2.17 bits per heavy atom. The Balaban J connectivity index is 0.000000561. The SMILES string of the molecule is CC.CNC(=O)[C@@H]1CCCNC1. The van der Waals surface area contributed by atoms with Crippen molar-refractivity contribution >= 4 is 5.91 Å². The van der Waals surface area contributed by atoms with Crippen LogP contribution in [-0.4, -0.2) is 26.0 Å². The highest BCUT2D eigenvalue weighted by Crippen LogP contribution is 2.08. The van der Waals surface area contributed by atoms with Gasteiger partial charge < -0.3 is 10.6 Å². The van der Waals surface area contributed by atoms with Gasteiger partial charge in [0.1, 0.15) is 0 Å². The Labute approximate surface area is 74.9 Å². The summed E-state index contributed by atoms with van der Waals surface area (Å²) in [5.74, 6) is 0.381. The zero-order valence-corrected chi connectivity index (χ0v) is 8.31. The van der Waals surface area contributed by atoms with Gasteiger partial charge in [-0.15, -0.1) is 0 Å². The van der Waals surface area contributed by atoms with Gasteiger partial charge in [-0.1, -0.05) is 13.8 Å². The summed E-state index contributed by atoms with van der Waals surface area (Å²) in [6.07, 6.45) is 2.16. The second-order valence-electron chi connectivity index (χ2n) is 2.66. The molecule has 2 N–H and O–H groups in total. The van der Waals surface area contributed by atoms with Gasteiger partial charge >= 0.3 is 0 Å². The van der Waals surface area contributed by atoms with Gasteiger partial charge in [0.25, 0.3) is 0 Å². The standard InChI is InChI=1S/C7H14N2O.C2H6/c1-8-7(10)6-3-2-4-9-5-6;1-2/h6,9H,2-5H2,1H3,(H,8,10);1-2H3/t6-;/m1./s1. The van der Waals surface area contributed by atoms with Crippen molar-refractivity contribution in [3.05, 3.63) is 0 Å².